The molecule has 0 radical (unpaired) electrons. The summed E-state index contributed by atoms with van der Waals surface area (Å²) in [6, 6.07) is 8.71. The first-order chi connectivity index (χ1) is 10.2. The molecule has 1 aromatic rings. The average Bonchev–Trinajstić information content (AvgIpc) is 2.45. The summed E-state index contributed by atoms with van der Waals surface area (Å²) in [6.07, 6.45) is 8.01. The lowest BCUT2D eigenvalue weighted by atomic mass is 9.70. The topological polar surface area (TPSA) is 0 Å². The molecule has 2 rings (SSSR count). The molecule has 0 fully saturated rings. The van der Waals surface area contributed by atoms with Crippen molar-refractivity contribution in [3.8, 4) is 0 Å². The minimum absolute atomic E-state index is 0.997. The summed E-state index contributed by atoms with van der Waals surface area (Å²) in [7, 11) is 4.37. The van der Waals surface area contributed by atoms with Gasteiger partial charge in [0, 0.05) is 11.5 Å². The molecule has 1 aromatic carbocycles. The van der Waals surface area contributed by atoms with Crippen LogP contribution in [0, 0.1) is 0 Å². The minimum Gasteiger partial charge on any atom is -0.152 e. The zero-order valence-corrected chi connectivity index (χ0v) is 13.7. The molecule has 0 aromatic heterocycles. The van der Waals surface area contributed by atoms with Crippen LogP contribution < -0.4 is 0 Å². The summed E-state index contributed by atoms with van der Waals surface area (Å²) in [6.45, 7) is 7.76. The van der Waals surface area contributed by atoms with Crippen molar-refractivity contribution < 1.29 is 0 Å². The number of thioether (sulfide) groups is 1. The van der Waals surface area contributed by atoms with Crippen LogP contribution in [-0.4, -0.2) is 21.4 Å². The fraction of sp³-hybridized carbons (Fsp3) is 0.111. The molecular formula is C18H20B2S. The molecule has 0 unspecified atom stereocenters. The van der Waals surface area contributed by atoms with E-state index in [-0.39, 0.29) is 0 Å². The third kappa shape index (κ3) is 3.54. The molecule has 0 saturated heterocycles. The molecule has 0 nitrogen and oxygen atoms in total. The predicted octanol–water partition coefficient (Wildman–Crippen LogP) is 3.09. The fourth-order valence-corrected chi connectivity index (χ4v) is 3.72. The standard InChI is InChI=1S/C18H20B2S/c1-3-7-13-11-21-12-14-9-5-6-10-16(14)17(18(19)20)15(13)8-4-2/h3-10H,1-2,11-12,19-20H2/b13-7-,15-8+. The Kier molecular flexibility index (Phi) is 5.58. The smallest absolute Gasteiger partial charge is 0.122 e. The molecule has 3 heteroatoms. The van der Waals surface area contributed by atoms with Gasteiger partial charge in [0.05, 0.1) is 0 Å². The van der Waals surface area contributed by atoms with Gasteiger partial charge >= 0.3 is 0 Å². The Morgan fingerprint density at radius 1 is 1.05 bits per heavy atom. The van der Waals surface area contributed by atoms with Crippen LogP contribution in [0.1, 0.15) is 11.1 Å². The van der Waals surface area contributed by atoms with Gasteiger partial charge in [-0.15, -0.1) is 5.37 Å². The lowest BCUT2D eigenvalue weighted by molar-refractivity contribution is 1.32. The Bertz CT molecular complexity index is 647. The van der Waals surface area contributed by atoms with Gasteiger partial charge in [-0.05, 0) is 27.8 Å². The van der Waals surface area contributed by atoms with Gasteiger partial charge in [0.15, 0.2) is 0 Å². The van der Waals surface area contributed by atoms with Gasteiger partial charge in [-0.3, -0.25) is 0 Å². The first kappa shape index (κ1) is 15.8. The molecule has 0 atom stereocenters. The highest BCUT2D eigenvalue weighted by Crippen LogP contribution is 2.37. The molecule has 1 aliphatic rings. The fourth-order valence-electron chi connectivity index (χ4n) is 2.67. The Labute approximate surface area is 134 Å². The predicted molar refractivity (Wildman–Crippen MR) is 103 cm³/mol. The second-order valence-electron chi connectivity index (χ2n) is 5.27. The van der Waals surface area contributed by atoms with E-state index in [4.69, 9.17) is 0 Å². The maximum atomic E-state index is 3.89. The zero-order chi connectivity index (χ0) is 15.2. The van der Waals surface area contributed by atoms with Crippen molar-refractivity contribution >= 4 is 33.0 Å². The molecule has 0 spiro atoms. The van der Waals surface area contributed by atoms with Crippen LogP contribution in [0.25, 0.3) is 5.57 Å². The van der Waals surface area contributed by atoms with Crippen molar-refractivity contribution in [3.05, 3.63) is 89.4 Å². The van der Waals surface area contributed by atoms with E-state index in [1.165, 1.54) is 33.2 Å². The highest BCUT2D eigenvalue weighted by atomic mass is 32.2. The number of benzene rings is 1. The first-order valence-corrected chi connectivity index (χ1v) is 8.33. The molecule has 0 N–H and O–H groups in total. The third-order valence-electron chi connectivity index (χ3n) is 3.52. The summed E-state index contributed by atoms with van der Waals surface area (Å²) in [5, 5.41) is 1.33. The highest BCUT2D eigenvalue weighted by Gasteiger charge is 2.18. The molecule has 1 aliphatic heterocycles. The number of fused-ring (bicyclic) bond motifs is 1. The van der Waals surface area contributed by atoms with Crippen LogP contribution >= 0.6 is 11.8 Å². The Morgan fingerprint density at radius 2 is 1.76 bits per heavy atom. The van der Waals surface area contributed by atoms with Gasteiger partial charge in [-0.2, -0.15) is 11.8 Å². The van der Waals surface area contributed by atoms with Crippen molar-refractivity contribution in [3.63, 3.8) is 0 Å². The lowest BCUT2D eigenvalue weighted by Gasteiger charge is -2.23. The van der Waals surface area contributed by atoms with E-state index >= 15 is 0 Å². The monoisotopic (exact) mass is 290 g/mol. The van der Waals surface area contributed by atoms with Crippen molar-refractivity contribution in [2.45, 2.75) is 5.75 Å². The summed E-state index contributed by atoms with van der Waals surface area (Å²) >= 11 is 1.95. The van der Waals surface area contributed by atoms with Crippen LogP contribution in [0.3, 0.4) is 0 Å². The molecule has 0 aliphatic carbocycles. The quantitative estimate of drug-likeness (QED) is 0.754. The van der Waals surface area contributed by atoms with Crippen molar-refractivity contribution in [2.24, 2.45) is 0 Å². The van der Waals surface area contributed by atoms with E-state index in [1.807, 2.05) is 23.9 Å². The van der Waals surface area contributed by atoms with Crippen molar-refractivity contribution in [2.75, 3.05) is 5.75 Å². The second kappa shape index (κ2) is 7.42. The van der Waals surface area contributed by atoms with Gasteiger partial charge < -0.3 is 0 Å². The largest absolute Gasteiger partial charge is 0.152 e. The van der Waals surface area contributed by atoms with Crippen LogP contribution in [-0.2, 0) is 5.75 Å². The molecular weight excluding hydrogens is 270 g/mol. The van der Waals surface area contributed by atoms with E-state index in [0.29, 0.717) is 0 Å². The SMILES string of the molecule is BC(B)=C1C(=C/C=C)/C(=C\C=C)CSCc2ccccc21. The van der Waals surface area contributed by atoms with Crippen LogP contribution in [0.5, 0.6) is 0 Å². The third-order valence-corrected chi connectivity index (χ3v) is 4.55. The van der Waals surface area contributed by atoms with E-state index in [2.05, 4.69) is 65.3 Å². The van der Waals surface area contributed by atoms with E-state index in [0.717, 1.165) is 11.5 Å². The molecule has 0 bridgehead atoms. The molecule has 0 saturated carbocycles. The molecule has 21 heavy (non-hydrogen) atoms. The maximum absolute atomic E-state index is 3.89. The first-order valence-electron chi connectivity index (χ1n) is 7.17. The van der Waals surface area contributed by atoms with Crippen LogP contribution in [0.15, 0.2) is 78.2 Å². The van der Waals surface area contributed by atoms with Gasteiger partial charge in [-0.25, -0.2) is 0 Å². The van der Waals surface area contributed by atoms with E-state index < -0.39 is 0 Å². The number of allylic oxidation sites excluding steroid dienone is 6. The average molecular weight is 290 g/mol. The molecule has 0 amide bonds. The highest BCUT2D eigenvalue weighted by molar-refractivity contribution is 7.98. The van der Waals surface area contributed by atoms with Crippen molar-refractivity contribution in [1.29, 1.82) is 0 Å². The maximum Gasteiger partial charge on any atom is 0.122 e. The molecule has 1 heterocycles. The molecule has 104 valence electrons. The van der Waals surface area contributed by atoms with Crippen LogP contribution in [0.2, 0.25) is 0 Å². The minimum atomic E-state index is 0.997. The Balaban J connectivity index is 2.74. The second-order valence-corrected chi connectivity index (χ2v) is 6.25. The number of rotatable bonds is 2. The summed E-state index contributed by atoms with van der Waals surface area (Å²) in [4.78, 5) is 0. The lowest BCUT2D eigenvalue weighted by Crippen LogP contribution is -2.07. The van der Waals surface area contributed by atoms with Gasteiger partial charge in [0.2, 0.25) is 0 Å². The summed E-state index contributed by atoms with van der Waals surface area (Å²) in [5.41, 5.74) is 6.67. The Morgan fingerprint density at radius 3 is 2.43 bits per heavy atom. The van der Waals surface area contributed by atoms with Crippen LogP contribution in [0.4, 0.5) is 0 Å². The van der Waals surface area contributed by atoms with Crippen molar-refractivity contribution in [1.82, 2.24) is 0 Å². The number of hydrogen-bond donors (Lipinski definition) is 0. The normalized spacial score (nSPS) is 18.8. The van der Waals surface area contributed by atoms with E-state index in [9.17, 15) is 0 Å². The summed E-state index contributed by atoms with van der Waals surface area (Å²) < 4.78 is 0. The summed E-state index contributed by atoms with van der Waals surface area (Å²) in [5.74, 6) is 2.04. The van der Waals surface area contributed by atoms with Gasteiger partial charge in [-0.1, -0.05) is 61.7 Å². The van der Waals surface area contributed by atoms with Gasteiger partial charge in [0.1, 0.15) is 15.7 Å². The van der Waals surface area contributed by atoms with E-state index in [1.54, 1.807) is 0 Å². The number of hydrogen-bond acceptors (Lipinski definition) is 1. The zero-order valence-electron chi connectivity index (χ0n) is 12.9. The van der Waals surface area contributed by atoms with Gasteiger partial charge in [0.25, 0.3) is 0 Å². The Hall–Kier alpha value is -1.60.